The van der Waals surface area contributed by atoms with Gasteiger partial charge in [-0.05, 0) is 37.5 Å². The third-order valence-corrected chi connectivity index (χ3v) is 5.60. The maximum atomic E-state index is 12.6. The van der Waals surface area contributed by atoms with Crippen molar-refractivity contribution in [3.05, 3.63) is 35.4 Å². The largest absolute Gasteiger partial charge is 0.481 e. The molecule has 0 bridgehead atoms. The molecule has 1 heterocycles. The molecule has 4 N–H and O–H groups in total. The van der Waals surface area contributed by atoms with Crippen molar-refractivity contribution in [2.24, 2.45) is 5.41 Å². The van der Waals surface area contributed by atoms with Crippen molar-refractivity contribution in [1.29, 1.82) is 0 Å². The quantitative estimate of drug-likeness (QED) is 0.582. The normalized spacial score (nSPS) is 24.0. The lowest BCUT2D eigenvalue weighted by Gasteiger charge is -2.33. The van der Waals surface area contributed by atoms with Crippen LogP contribution in [-0.4, -0.2) is 35.5 Å². The molecular weight excluding hydrogens is 350 g/mol. The lowest BCUT2D eigenvalue weighted by Crippen LogP contribution is -2.44. The van der Waals surface area contributed by atoms with E-state index in [1.807, 2.05) is 0 Å². The van der Waals surface area contributed by atoms with Crippen molar-refractivity contribution in [1.82, 2.24) is 16.0 Å². The summed E-state index contributed by atoms with van der Waals surface area (Å²) in [5.74, 6) is -1.78. The topological polar surface area (TPSA) is 125 Å². The van der Waals surface area contributed by atoms with Crippen LogP contribution in [0.25, 0.3) is 0 Å². The molecule has 1 aromatic rings. The van der Waals surface area contributed by atoms with Crippen LogP contribution in [-0.2, 0) is 15.1 Å². The highest BCUT2D eigenvalue weighted by molar-refractivity contribution is 6.07. The molecule has 27 heavy (non-hydrogen) atoms. The van der Waals surface area contributed by atoms with Crippen molar-refractivity contribution in [3.8, 4) is 0 Å². The van der Waals surface area contributed by atoms with E-state index in [2.05, 4.69) is 16.0 Å². The minimum atomic E-state index is -1.25. The first-order valence-electron chi connectivity index (χ1n) is 9.03. The van der Waals surface area contributed by atoms with Gasteiger partial charge in [0.1, 0.15) is 5.54 Å². The van der Waals surface area contributed by atoms with Gasteiger partial charge in [0.2, 0.25) is 0 Å². The number of carboxylic acids is 1. The number of carboxylic acid groups (broad SMARTS) is 1. The van der Waals surface area contributed by atoms with E-state index in [9.17, 15) is 24.3 Å². The van der Waals surface area contributed by atoms with Crippen LogP contribution < -0.4 is 16.0 Å². The number of amides is 4. The summed E-state index contributed by atoms with van der Waals surface area (Å²) in [6.07, 6.45) is 3.78. The van der Waals surface area contributed by atoms with E-state index in [-0.39, 0.29) is 6.54 Å². The Kier molecular flexibility index (Phi) is 4.91. The fourth-order valence-corrected chi connectivity index (χ4v) is 3.76. The first kappa shape index (κ1) is 18.9. The second kappa shape index (κ2) is 7.02. The summed E-state index contributed by atoms with van der Waals surface area (Å²) in [4.78, 5) is 47.8. The number of carbonyl (C=O) groups is 4. The molecule has 0 radical (unpaired) electrons. The molecule has 2 aliphatic rings. The van der Waals surface area contributed by atoms with E-state index < -0.39 is 34.8 Å². The van der Waals surface area contributed by atoms with Crippen molar-refractivity contribution < 1.29 is 24.3 Å². The van der Waals surface area contributed by atoms with Gasteiger partial charge in [0.05, 0.1) is 5.41 Å². The van der Waals surface area contributed by atoms with Crippen molar-refractivity contribution in [3.63, 3.8) is 0 Å². The van der Waals surface area contributed by atoms with Crippen molar-refractivity contribution >= 4 is 23.8 Å². The van der Waals surface area contributed by atoms with Crippen LogP contribution in [0.1, 0.15) is 54.9 Å². The Bertz CT molecular complexity index is 800. The predicted molar refractivity (Wildman–Crippen MR) is 96.0 cm³/mol. The van der Waals surface area contributed by atoms with E-state index >= 15 is 0 Å². The average molecular weight is 373 g/mol. The SMILES string of the molecule is CC1(c2cccc(C(=O)NCC3(C(=O)O)CCCCC3)c2)NC(=O)NC1=O. The van der Waals surface area contributed by atoms with Gasteiger partial charge in [-0.1, -0.05) is 31.4 Å². The zero-order valence-corrected chi connectivity index (χ0v) is 15.1. The third kappa shape index (κ3) is 3.51. The minimum absolute atomic E-state index is 0.0693. The Hall–Kier alpha value is -2.90. The third-order valence-electron chi connectivity index (χ3n) is 5.60. The highest BCUT2D eigenvalue weighted by Gasteiger charge is 2.44. The number of rotatable bonds is 5. The molecule has 8 nitrogen and oxygen atoms in total. The number of urea groups is 1. The van der Waals surface area contributed by atoms with Gasteiger partial charge >= 0.3 is 12.0 Å². The Balaban J connectivity index is 1.75. The van der Waals surface area contributed by atoms with E-state index in [0.29, 0.717) is 24.0 Å². The first-order valence-corrected chi connectivity index (χ1v) is 9.03. The molecule has 1 atom stereocenters. The van der Waals surface area contributed by atoms with Gasteiger partial charge in [0.25, 0.3) is 11.8 Å². The number of benzene rings is 1. The number of aliphatic carboxylic acids is 1. The second-order valence-corrected chi connectivity index (χ2v) is 7.44. The molecule has 3 rings (SSSR count). The zero-order chi connectivity index (χ0) is 19.7. The molecule has 1 aromatic carbocycles. The highest BCUT2D eigenvalue weighted by Crippen LogP contribution is 2.36. The van der Waals surface area contributed by atoms with Gasteiger partial charge in [-0.15, -0.1) is 0 Å². The second-order valence-electron chi connectivity index (χ2n) is 7.44. The number of hydrogen-bond donors (Lipinski definition) is 4. The van der Waals surface area contributed by atoms with Crippen LogP contribution in [0.3, 0.4) is 0 Å². The fraction of sp³-hybridized carbons (Fsp3) is 0.474. The Morgan fingerprint density at radius 2 is 1.89 bits per heavy atom. The van der Waals surface area contributed by atoms with Gasteiger partial charge < -0.3 is 15.7 Å². The summed E-state index contributed by atoms with van der Waals surface area (Å²) < 4.78 is 0. The van der Waals surface area contributed by atoms with Crippen LogP contribution in [0, 0.1) is 5.41 Å². The number of imide groups is 1. The summed E-state index contributed by atoms with van der Waals surface area (Å²) in [6.45, 7) is 1.63. The molecular formula is C19H23N3O5. The first-order chi connectivity index (χ1) is 12.8. The number of carbonyl (C=O) groups excluding carboxylic acids is 3. The van der Waals surface area contributed by atoms with Crippen molar-refractivity contribution in [2.75, 3.05) is 6.54 Å². The highest BCUT2D eigenvalue weighted by atomic mass is 16.4. The Morgan fingerprint density at radius 1 is 1.19 bits per heavy atom. The van der Waals surface area contributed by atoms with Crippen LogP contribution in [0.2, 0.25) is 0 Å². The lowest BCUT2D eigenvalue weighted by molar-refractivity contribution is -0.150. The Labute approximate surface area is 156 Å². The fourth-order valence-electron chi connectivity index (χ4n) is 3.76. The van der Waals surface area contributed by atoms with Crippen molar-refractivity contribution in [2.45, 2.75) is 44.6 Å². The van der Waals surface area contributed by atoms with Gasteiger partial charge in [-0.25, -0.2) is 4.79 Å². The van der Waals surface area contributed by atoms with Crippen LogP contribution in [0.15, 0.2) is 24.3 Å². The molecule has 2 fully saturated rings. The summed E-state index contributed by atoms with van der Waals surface area (Å²) in [6, 6.07) is 5.82. The van der Waals surface area contributed by atoms with Crippen LogP contribution >= 0.6 is 0 Å². The molecule has 1 aliphatic heterocycles. The molecule has 0 aromatic heterocycles. The average Bonchev–Trinajstić information content (AvgIpc) is 2.93. The standard InChI is InChI=1S/C19H23N3O5/c1-18(15(24)21-17(27)22-18)13-7-5-6-12(10-13)14(23)20-11-19(16(25)26)8-3-2-4-9-19/h5-7,10H,2-4,8-9,11H2,1H3,(H,20,23)(H,25,26)(H2,21,22,24,27). The van der Waals surface area contributed by atoms with E-state index in [1.165, 1.54) is 6.07 Å². The summed E-state index contributed by atoms with van der Waals surface area (Å²) in [5, 5.41) is 17.1. The molecule has 4 amide bonds. The van der Waals surface area contributed by atoms with Gasteiger partial charge in [-0.3, -0.25) is 19.7 Å². The Morgan fingerprint density at radius 3 is 2.48 bits per heavy atom. The lowest BCUT2D eigenvalue weighted by atomic mass is 9.74. The molecule has 1 saturated heterocycles. The maximum absolute atomic E-state index is 12.6. The number of nitrogens with one attached hydrogen (secondary N) is 3. The van der Waals surface area contributed by atoms with E-state index in [4.69, 9.17) is 0 Å². The predicted octanol–water partition coefficient (Wildman–Crippen LogP) is 1.51. The van der Waals surface area contributed by atoms with Gasteiger partial charge in [-0.2, -0.15) is 0 Å². The van der Waals surface area contributed by atoms with Crippen LogP contribution in [0.5, 0.6) is 0 Å². The minimum Gasteiger partial charge on any atom is -0.481 e. The molecule has 1 unspecified atom stereocenters. The van der Waals surface area contributed by atoms with E-state index in [1.54, 1.807) is 25.1 Å². The van der Waals surface area contributed by atoms with Gasteiger partial charge in [0.15, 0.2) is 0 Å². The summed E-state index contributed by atoms with van der Waals surface area (Å²) in [7, 11) is 0. The zero-order valence-electron chi connectivity index (χ0n) is 15.1. The number of hydrogen-bond acceptors (Lipinski definition) is 4. The molecule has 1 aliphatic carbocycles. The summed E-state index contributed by atoms with van der Waals surface area (Å²) >= 11 is 0. The summed E-state index contributed by atoms with van der Waals surface area (Å²) in [5.41, 5.74) is -1.39. The van der Waals surface area contributed by atoms with E-state index in [0.717, 1.165) is 19.3 Å². The monoisotopic (exact) mass is 373 g/mol. The molecule has 8 heteroatoms. The molecule has 0 spiro atoms. The molecule has 1 saturated carbocycles. The maximum Gasteiger partial charge on any atom is 0.322 e. The molecule has 144 valence electrons. The van der Waals surface area contributed by atoms with Crippen LogP contribution in [0.4, 0.5) is 4.79 Å². The van der Waals surface area contributed by atoms with Gasteiger partial charge in [0, 0.05) is 12.1 Å². The smallest absolute Gasteiger partial charge is 0.322 e.